The highest BCUT2D eigenvalue weighted by Crippen LogP contribution is 2.39. The highest BCUT2D eigenvalue weighted by Gasteiger charge is 2.31. The molecule has 2 amide bonds. The lowest BCUT2D eigenvalue weighted by Crippen LogP contribution is -2.14. The summed E-state index contributed by atoms with van der Waals surface area (Å²) in [6, 6.07) is 23.2. The molecule has 1 aromatic heterocycles. The van der Waals surface area contributed by atoms with Crippen LogP contribution in [0.1, 0.15) is 45.6 Å². The number of amides is 2. The average Bonchev–Trinajstić information content (AvgIpc) is 3.58. The Balaban J connectivity index is 1.30. The molecule has 164 valence electrons. The fourth-order valence-corrected chi connectivity index (χ4v) is 3.43. The standard InChI is InChI=1S/C25H21N5O3/c26-22(31)17-5-4-8-21(15-17)33-20-13-11-18(12-14-20)27-25(32)23-28-24(16-9-10-16)30(29-23)19-6-2-1-3-7-19/h1-8,11-16H,9-10H2,(H2,26,31)(H,27,32). The number of carbonyl (C=O) groups excluding carboxylic acids is 2. The molecule has 0 unspecified atom stereocenters. The minimum atomic E-state index is -0.522. The van der Waals surface area contributed by atoms with Gasteiger partial charge in [-0.1, -0.05) is 24.3 Å². The lowest BCUT2D eigenvalue weighted by molar-refractivity contribution is 0.0996. The topological polar surface area (TPSA) is 112 Å². The number of nitrogens with one attached hydrogen (secondary N) is 1. The average molecular weight is 439 g/mol. The highest BCUT2D eigenvalue weighted by atomic mass is 16.5. The zero-order valence-electron chi connectivity index (χ0n) is 17.6. The summed E-state index contributed by atoms with van der Waals surface area (Å²) in [5.74, 6) is 1.42. The van der Waals surface area contributed by atoms with Gasteiger partial charge in [0.25, 0.3) is 5.91 Å². The first kappa shape index (κ1) is 20.4. The molecule has 1 saturated carbocycles. The third kappa shape index (κ3) is 4.59. The largest absolute Gasteiger partial charge is 0.457 e. The third-order valence-corrected chi connectivity index (χ3v) is 5.24. The molecule has 0 radical (unpaired) electrons. The van der Waals surface area contributed by atoms with Gasteiger partial charge in [-0.05, 0) is 67.4 Å². The second-order valence-electron chi connectivity index (χ2n) is 7.79. The summed E-state index contributed by atoms with van der Waals surface area (Å²) in [4.78, 5) is 28.7. The van der Waals surface area contributed by atoms with Crippen LogP contribution in [0.15, 0.2) is 78.9 Å². The molecule has 8 heteroatoms. The number of rotatable bonds is 7. The van der Waals surface area contributed by atoms with E-state index in [1.807, 2.05) is 30.3 Å². The highest BCUT2D eigenvalue weighted by molar-refractivity contribution is 6.01. The smallest absolute Gasteiger partial charge is 0.295 e. The summed E-state index contributed by atoms with van der Waals surface area (Å²) in [6.07, 6.45) is 2.10. The molecule has 4 aromatic rings. The van der Waals surface area contributed by atoms with Crippen molar-refractivity contribution in [3.63, 3.8) is 0 Å². The second kappa shape index (κ2) is 8.58. The summed E-state index contributed by atoms with van der Waals surface area (Å²) >= 11 is 0. The molecule has 0 spiro atoms. The SMILES string of the molecule is NC(=O)c1cccc(Oc2ccc(NC(=O)c3nc(C4CC4)n(-c4ccccc4)n3)cc2)c1. The van der Waals surface area contributed by atoms with Crippen LogP contribution in [-0.2, 0) is 0 Å². The summed E-state index contributed by atoms with van der Waals surface area (Å²) < 4.78 is 7.52. The summed E-state index contributed by atoms with van der Waals surface area (Å²) in [5, 5.41) is 7.30. The van der Waals surface area contributed by atoms with Gasteiger partial charge in [0.05, 0.1) is 5.69 Å². The van der Waals surface area contributed by atoms with Crippen LogP contribution in [0, 0.1) is 0 Å². The number of nitrogens with zero attached hydrogens (tertiary/aromatic N) is 3. The van der Waals surface area contributed by atoms with E-state index >= 15 is 0 Å². The molecule has 1 heterocycles. The van der Waals surface area contributed by atoms with Gasteiger partial charge in [0.2, 0.25) is 11.7 Å². The molecule has 0 atom stereocenters. The van der Waals surface area contributed by atoms with Crippen LogP contribution in [0.25, 0.3) is 5.69 Å². The Morgan fingerprint density at radius 2 is 1.70 bits per heavy atom. The molecule has 1 aliphatic carbocycles. The van der Waals surface area contributed by atoms with Crippen LogP contribution < -0.4 is 15.8 Å². The lowest BCUT2D eigenvalue weighted by Gasteiger charge is -2.08. The van der Waals surface area contributed by atoms with Crippen molar-refractivity contribution in [2.24, 2.45) is 5.73 Å². The van der Waals surface area contributed by atoms with Crippen molar-refractivity contribution in [2.45, 2.75) is 18.8 Å². The predicted molar refractivity (Wildman–Crippen MR) is 123 cm³/mol. The molecular weight excluding hydrogens is 418 g/mol. The van der Waals surface area contributed by atoms with Gasteiger partial charge in [-0.15, -0.1) is 5.10 Å². The maximum absolute atomic E-state index is 12.8. The Bertz CT molecular complexity index is 1310. The number of benzene rings is 3. The second-order valence-corrected chi connectivity index (χ2v) is 7.79. The van der Waals surface area contributed by atoms with Crippen molar-refractivity contribution in [1.29, 1.82) is 0 Å². The number of aromatic nitrogens is 3. The zero-order chi connectivity index (χ0) is 22.8. The van der Waals surface area contributed by atoms with Gasteiger partial charge in [0, 0.05) is 17.2 Å². The summed E-state index contributed by atoms with van der Waals surface area (Å²) in [6.45, 7) is 0. The number of para-hydroxylation sites is 1. The van der Waals surface area contributed by atoms with E-state index in [9.17, 15) is 9.59 Å². The molecule has 33 heavy (non-hydrogen) atoms. The van der Waals surface area contributed by atoms with Gasteiger partial charge in [-0.25, -0.2) is 9.67 Å². The van der Waals surface area contributed by atoms with E-state index in [0.717, 1.165) is 24.4 Å². The number of carbonyl (C=O) groups is 2. The maximum atomic E-state index is 12.8. The van der Waals surface area contributed by atoms with Crippen LogP contribution in [0.4, 0.5) is 5.69 Å². The van der Waals surface area contributed by atoms with Crippen LogP contribution in [-0.4, -0.2) is 26.6 Å². The maximum Gasteiger partial charge on any atom is 0.295 e. The Morgan fingerprint density at radius 1 is 0.939 bits per heavy atom. The number of hydrogen-bond donors (Lipinski definition) is 2. The van der Waals surface area contributed by atoms with Gasteiger partial charge < -0.3 is 15.8 Å². The molecule has 1 fully saturated rings. The van der Waals surface area contributed by atoms with Crippen LogP contribution in [0.5, 0.6) is 11.5 Å². The van der Waals surface area contributed by atoms with Crippen LogP contribution in [0.2, 0.25) is 0 Å². The quantitative estimate of drug-likeness (QED) is 0.446. The van der Waals surface area contributed by atoms with Crippen molar-refractivity contribution >= 4 is 17.5 Å². The molecule has 3 N–H and O–H groups in total. The Morgan fingerprint density at radius 3 is 2.39 bits per heavy atom. The van der Waals surface area contributed by atoms with Crippen LogP contribution >= 0.6 is 0 Å². The van der Waals surface area contributed by atoms with E-state index in [4.69, 9.17) is 10.5 Å². The molecule has 8 nitrogen and oxygen atoms in total. The Kier molecular flexibility index (Phi) is 5.32. The van der Waals surface area contributed by atoms with Gasteiger partial charge in [-0.2, -0.15) is 0 Å². The minimum Gasteiger partial charge on any atom is -0.457 e. The number of hydrogen-bond acceptors (Lipinski definition) is 5. The molecule has 5 rings (SSSR count). The first-order chi connectivity index (χ1) is 16.1. The van der Waals surface area contributed by atoms with Crippen molar-refractivity contribution in [2.75, 3.05) is 5.32 Å². The fourth-order valence-electron chi connectivity index (χ4n) is 3.43. The predicted octanol–water partition coefficient (Wildman–Crippen LogP) is 4.29. The van der Waals surface area contributed by atoms with E-state index < -0.39 is 5.91 Å². The zero-order valence-corrected chi connectivity index (χ0v) is 17.6. The molecule has 3 aromatic carbocycles. The van der Waals surface area contributed by atoms with E-state index in [2.05, 4.69) is 15.4 Å². The van der Waals surface area contributed by atoms with Gasteiger partial charge in [-0.3, -0.25) is 9.59 Å². The number of primary amides is 1. The normalized spacial score (nSPS) is 12.8. The van der Waals surface area contributed by atoms with Gasteiger partial charge in [0.15, 0.2) is 0 Å². The molecular formula is C25H21N5O3. The van der Waals surface area contributed by atoms with E-state index in [-0.39, 0.29) is 11.7 Å². The van der Waals surface area contributed by atoms with Gasteiger partial charge in [0.1, 0.15) is 17.3 Å². The van der Waals surface area contributed by atoms with Gasteiger partial charge >= 0.3 is 0 Å². The van der Waals surface area contributed by atoms with Crippen molar-refractivity contribution < 1.29 is 14.3 Å². The molecule has 0 bridgehead atoms. The molecule has 0 aliphatic heterocycles. The molecule has 0 saturated heterocycles. The van der Waals surface area contributed by atoms with Crippen LogP contribution in [0.3, 0.4) is 0 Å². The third-order valence-electron chi connectivity index (χ3n) is 5.24. The van der Waals surface area contributed by atoms with E-state index in [1.165, 1.54) is 0 Å². The summed E-state index contributed by atoms with van der Waals surface area (Å²) in [7, 11) is 0. The first-order valence-corrected chi connectivity index (χ1v) is 10.6. The monoisotopic (exact) mass is 439 g/mol. The number of nitrogens with two attached hydrogens (primary N) is 1. The van der Waals surface area contributed by atoms with E-state index in [0.29, 0.717) is 28.7 Å². The minimum absolute atomic E-state index is 0.129. The first-order valence-electron chi connectivity index (χ1n) is 10.6. The molecule has 1 aliphatic rings. The summed E-state index contributed by atoms with van der Waals surface area (Å²) in [5.41, 5.74) is 7.14. The van der Waals surface area contributed by atoms with Crippen molar-refractivity contribution in [1.82, 2.24) is 14.8 Å². The van der Waals surface area contributed by atoms with Crippen molar-refractivity contribution in [3.05, 3.63) is 96.1 Å². The number of anilines is 1. The Hall–Kier alpha value is -4.46. The number of ether oxygens (including phenoxy) is 1. The van der Waals surface area contributed by atoms with E-state index in [1.54, 1.807) is 53.2 Å². The Labute approximate surface area is 190 Å². The fraction of sp³-hybridized carbons (Fsp3) is 0.120. The lowest BCUT2D eigenvalue weighted by atomic mass is 10.2. The van der Waals surface area contributed by atoms with Crippen molar-refractivity contribution in [3.8, 4) is 17.2 Å².